The smallest absolute Gasteiger partial charge is 0.251 e. The highest BCUT2D eigenvalue weighted by molar-refractivity contribution is 5.96. The van der Waals surface area contributed by atoms with Crippen LogP contribution in [0, 0.1) is 5.92 Å². The summed E-state index contributed by atoms with van der Waals surface area (Å²) in [5.74, 6) is 1.16. The summed E-state index contributed by atoms with van der Waals surface area (Å²) in [5, 5.41) is 18.4. The van der Waals surface area contributed by atoms with E-state index in [9.17, 15) is 9.90 Å². The molecule has 8 heteroatoms. The fraction of sp³-hybridized carbons (Fsp3) is 0.571. The number of ether oxygens (including phenoxy) is 1. The third-order valence-electron chi connectivity index (χ3n) is 8.91. The van der Waals surface area contributed by atoms with Gasteiger partial charge >= 0.3 is 0 Å². The van der Waals surface area contributed by atoms with Gasteiger partial charge in [-0.05, 0) is 72.9 Å². The van der Waals surface area contributed by atoms with Crippen LogP contribution >= 0.6 is 0 Å². The number of carbonyl (C=O) groups excluding carboxylic acids is 1. The lowest BCUT2D eigenvalue weighted by Crippen LogP contribution is -2.49. The van der Waals surface area contributed by atoms with E-state index in [2.05, 4.69) is 55.4 Å². The summed E-state index contributed by atoms with van der Waals surface area (Å²) in [5.41, 5.74) is 3.22. The van der Waals surface area contributed by atoms with Gasteiger partial charge in [0, 0.05) is 23.9 Å². The summed E-state index contributed by atoms with van der Waals surface area (Å²) < 4.78 is 11.6. The number of aromatic nitrogens is 2. The van der Waals surface area contributed by atoms with Crippen LogP contribution in [-0.2, 0) is 11.0 Å². The minimum Gasteiger partial charge on any atom is -0.494 e. The first-order chi connectivity index (χ1) is 20.6. The summed E-state index contributed by atoms with van der Waals surface area (Å²) in [6.45, 7) is 9.80. The molecule has 0 saturated heterocycles. The second-order valence-electron chi connectivity index (χ2n) is 13.6. The van der Waals surface area contributed by atoms with Crippen molar-refractivity contribution in [1.29, 1.82) is 0 Å². The van der Waals surface area contributed by atoms with Crippen molar-refractivity contribution in [1.82, 2.24) is 20.6 Å². The fourth-order valence-corrected chi connectivity index (χ4v) is 5.98. The molecule has 1 aliphatic heterocycles. The van der Waals surface area contributed by atoms with Gasteiger partial charge in [-0.15, -0.1) is 0 Å². The zero-order valence-corrected chi connectivity index (χ0v) is 26.2. The van der Waals surface area contributed by atoms with Crippen molar-refractivity contribution < 1.29 is 19.1 Å². The van der Waals surface area contributed by atoms with E-state index in [0.717, 1.165) is 44.2 Å². The molecular formula is C35H48N4O4. The number of pyridine rings is 1. The number of fused-ring (bicyclic) bond motifs is 2. The molecule has 1 amide bonds. The molecule has 2 bridgehead atoms. The molecule has 3 heterocycles. The molecule has 3 atom stereocenters. The van der Waals surface area contributed by atoms with Gasteiger partial charge in [0.1, 0.15) is 12.0 Å². The number of aliphatic hydroxyl groups is 1. The lowest BCUT2D eigenvalue weighted by atomic mass is 9.86. The number of rotatable bonds is 6. The molecule has 2 aliphatic rings. The zero-order chi connectivity index (χ0) is 30.5. The molecule has 1 saturated carbocycles. The van der Waals surface area contributed by atoms with Crippen molar-refractivity contribution in [3.8, 4) is 17.2 Å². The first-order valence-electron chi connectivity index (χ1n) is 16.0. The van der Waals surface area contributed by atoms with E-state index < -0.39 is 12.1 Å². The van der Waals surface area contributed by atoms with Crippen LogP contribution in [0.1, 0.15) is 107 Å². The topological polar surface area (TPSA) is 110 Å². The quantitative estimate of drug-likeness (QED) is 0.300. The molecule has 1 fully saturated rings. The van der Waals surface area contributed by atoms with Crippen molar-refractivity contribution in [2.75, 3.05) is 13.2 Å². The number of hydrogen-bond donors (Lipinski definition) is 3. The van der Waals surface area contributed by atoms with Gasteiger partial charge < -0.3 is 24.9 Å². The monoisotopic (exact) mass is 588 g/mol. The predicted octanol–water partition coefficient (Wildman–Crippen LogP) is 6.53. The molecule has 43 heavy (non-hydrogen) atoms. The van der Waals surface area contributed by atoms with E-state index in [1.54, 1.807) is 18.3 Å². The van der Waals surface area contributed by atoms with E-state index in [0.29, 0.717) is 48.3 Å². The molecule has 232 valence electrons. The van der Waals surface area contributed by atoms with Crippen LogP contribution in [0.2, 0.25) is 0 Å². The highest BCUT2D eigenvalue weighted by atomic mass is 16.5. The zero-order valence-electron chi connectivity index (χ0n) is 26.2. The van der Waals surface area contributed by atoms with E-state index in [1.807, 2.05) is 12.3 Å². The van der Waals surface area contributed by atoms with Crippen molar-refractivity contribution in [2.45, 2.75) is 109 Å². The lowest BCUT2D eigenvalue weighted by Gasteiger charge is -2.29. The molecular weight excluding hydrogens is 540 g/mol. The van der Waals surface area contributed by atoms with E-state index >= 15 is 0 Å². The van der Waals surface area contributed by atoms with Gasteiger partial charge in [-0.2, -0.15) is 0 Å². The second-order valence-corrected chi connectivity index (χ2v) is 13.6. The maximum absolute atomic E-state index is 13.7. The SMILES string of the molecule is C[C@@H]1CCCCCCCOc2cc(cc(-c3ncco3)c2)C(=O)N[C@H](C(O)CNC2(c3cc(C(C)(C)C)ccn3)CC2)C1. The van der Waals surface area contributed by atoms with Crippen LogP contribution < -0.4 is 15.4 Å². The summed E-state index contributed by atoms with van der Waals surface area (Å²) in [7, 11) is 0. The number of nitrogens with zero attached hydrogens (tertiary/aromatic N) is 2. The Hall–Kier alpha value is -3.23. The summed E-state index contributed by atoms with van der Waals surface area (Å²) in [6.07, 6.45) is 13.5. The largest absolute Gasteiger partial charge is 0.494 e. The van der Waals surface area contributed by atoms with Gasteiger partial charge in [-0.3, -0.25) is 9.78 Å². The highest BCUT2D eigenvalue weighted by Crippen LogP contribution is 2.45. The van der Waals surface area contributed by atoms with E-state index in [4.69, 9.17) is 14.1 Å². The Balaban J connectivity index is 1.35. The number of benzene rings is 1. The first kappa shape index (κ1) is 31.2. The van der Waals surface area contributed by atoms with Gasteiger partial charge in [-0.25, -0.2) is 4.98 Å². The van der Waals surface area contributed by atoms with Gasteiger partial charge in [-0.1, -0.05) is 59.8 Å². The summed E-state index contributed by atoms with van der Waals surface area (Å²) >= 11 is 0. The van der Waals surface area contributed by atoms with Crippen molar-refractivity contribution >= 4 is 5.91 Å². The molecule has 1 unspecified atom stereocenters. The Labute approximate surface area is 256 Å². The number of carbonyl (C=O) groups is 1. The number of amides is 1. The Morgan fingerprint density at radius 1 is 1.05 bits per heavy atom. The van der Waals surface area contributed by atoms with Crippen LogP contribution in [0.25, 0.3) is 11.5 Å². The molecule has 0 radical (unpaired) electrons. The van der Waals surface area contributed by atoms with Gasteiger partial charge in [0.15, 0.2) is 0 Å². The minimum atomic E-state index is -0.765. The van der Waals surface area contributed by atoms with Gasteiger partial charge in [0.2, 0.25) is 5.89 Å². The van der Waals surface area contributed by atoms with Crippen LogP contribution in [0.3, 0.4) is 0 Å². The first-order valence-corrected chi connectivity index (χ1v) is 16.0. The standard InChI is InChI=1S/C35H48N4O4/c1-24-10-8-6-5-7-9-16-42-28-20-25(19-26(21-28)33-37-15-17-43-33)32(41)39-29(18-24)30(40)23-38-35(12-13-35)31-22-27(11-14-36-31)34(2,3)4/h11,14-15,17,19-22,24,29-30,38,40H,5-10,12-13,16,18,23H2,1-4H3,(H,39,41)/t24-,29+,30?/m1/s1. The summed E-state index contributed by atoms with van der Waals surface area (Å²) in [6, 6.07) is 9.27. The molecule has 1 aliphatic carbocycles. The Morgan fingerprint density at radius 3 is 2.56 bits per heavy atom. The van der Waals surface area contributed by atoms with Gasteiger partial charge in [0.05, 0.1) is 36.2 Å². The predicted molar refractivity (Wildman–Crippen MR) is 168 cm³/mol. The van der Waals surface area contributed by atoms with E-state index in [1.165, 1.54) is 24.7 Å². The second kappa shape index (κ2) is 13.6. The Kier molecular flexibility index (Phi) is 9.87. The number of aliphatic hydroxyl groups excluding tert-OH is 1. The van der Waals surface area contributed by atoms with Crippen LogP contribution in [0.4, 0.5) is 0 Å². The maximum atomic E-state index is 13.7. The molecule has 3 N–H and O–H groups in total. The molecule has 5 rings (SSSR count). The number of nitrogens with one attached hydrogen (secondary N) is 2. The Morgan fingerprint density at radius 2 is 1.81 bits per heavy atom. The average molecular weight is 589 g/mol. The van der Waals surface area contributed by atoms with Crippen molar-refractivity contribution in [2.24, 2.45) is 5.92 Å². The number of hydrogen-bond acceptors (Lipinski definition) is 7. The molecule has 1 aromatic carbocycles. The van der Waals surface area contributed by atoms with Crippen LogP contribution in [0.15, 0.2) is 53.4 Å². The lowest BCUT2D eigenvalue weighted by molar-refractivity contribution is 0.0781. The molecule has 8 nitrogen and oxygen atoms in total. The molecule has 0 spiro atoms. The molecule has 2 aromatic heterocycles. The number of oxazole rings is 1. The maximum Gasteiger partial charge on any atom is 0.251 e. The minimum absolute atomic E-state index is 0.0344. The fourth-order valence-electron chi connectivity index (χ4n) is 5.98. The Bertz CT molecular complexity index is 1350. The third kappa shape index (κ3) is 8.24. The van der Waals surface area contributed by atoms with Crippen molar-refractivity contribution in [3.05, 3.63) is 65.8 Å². The molecule has 3 aromatic rings. The van der Waals surface area contributed by atoms with Crippen LogP contribution in [-0.4, -0.2) is 46.3 Å². The van der Waals surface area contributed by atoms with Crippen LogP contribution in [0.5, 0.6) is 5.75 Å². The normalized spacial score (nSPS) is 22.3. The average Bonchev–Trinajstić information content (AvgIpc) is 3.58. The third-order valence-corrected chi connectivity index (χ3v) is 8.91. The van der Waals surface area contributed by atoms with Crippen molar-refractivity contribution in [3.63, 3.8) is 0 Å². The van der Waals surface area contributed by atoms with E-state index in [-0.39, 0.29) is 16.9 Å². The highest BCUT2D eigenvalue weighted by Gasteiger charge is 2.46. The summed E-state index contributed by atoms with van der Waals surface area (Å²) in [4.78, 5) is 22.7. The van der Waals surface area contributed by atoms with Gasteiger partial charge in [0.25, 0.3) is 5.91 Å².